The SMILES string of the molecule is COCCCn1c(SCC(=O)Nc2cccc(C)c2)n[nH]c1=O. The Morgan fingerprint density at radius 2 is 2.30 bits per heavy atom. The number of carbonyl (C=O) groups is 1. The first-order chi connectivity index (χ1) is 11.1. The van der Waals surface area contributed by atoms with Gasteiger partial charge in [0.05, 0.1) is 5.75 Å². The molecule has 0 spiro atoms. The fourth-order valence-electron chi connectivity index (χ4n) is 2.03. The van der Waals surface area contributed by atoms with E-state index in [1.54, 1.807) is 7.11 Å². The minimum absolute atomic E-state index is 0.139. The summed E-state index contributed by atoms with van der Waals surface area (Å²) < 4.78 is 6.49. The molecule has 0 aliphatic rings. The average molecular weight is 336 g/mol. The maximum Gasteiger partial charge on any atom is 0.343 e. The second-order valence-corrected chi connectivity index (χ2v) is 5.96. The van der Waals surface area contributed by atoms with Crippen LogP contribution in [0.3, 0.4) is 0 Å². The Morgan fingerprint density at radius 1 is 1.48 bits per heavy atom. The Kier molecular flexibility index (Phi) is 6.42. The summed E-state index contributed by atoms with van der Waals surface area (Å²) in [5.74, 6) is 0.0437. The quantitative estimate of drug-likeness (QED) is 0.565. The predicted octanol–water partition coefficient (Wildman–Crippen LogP) is 1.65. The van der Waals surface area contributed by atoms with Gasteiger partial charge in [0.25, 0.3) is 0 Å². The highest BCUT2D eigenvalue weighted by Gasteiger charge is 2.11. The summed E-state index contributed by atoms with van der Waals surface area (Å²) in [7, 11) is 1.61. The molecule has 0 aliphatic heterocycles. The molecule has 8 heteroatoms. The van der Waals surface area contributed by atoms with Crippen LogP contribution in [0.1, 0.15) is 12.0 Å². The van der Waals surface area contributed by atoms with Crippen molar-refractivity contribution in [3.05, 3.63) is 40.3 Å². The molecule has 0 atom stereocenters. The van der Waals surface area contributed by atoms with Crippen LogP contribution in [0, 0.1) is 6.92 Å². The van der Waals surface area contributed by atoms with E-state index in [4.69, 9.17) is 4.74 Å². The number of hydrogen-bond acceptors (Lipinski definition) is 5. The fourth-order valence-corrected chi connectivity index (χ4v) is 2.80. The second-order valence-electron chi connectivity index (χ2n) is 5.02. The molecule has 1 amide bonds. The molecule has 0 saturated heterocycles. The highest BCUT2D eigenvalue weighted by molar-refractivity contribution is 7.99. The van der Waals surface area contributed by atoms with Crippen molar-refractivity contribution < 1.29 is 9.53 Å². The monoisotopic (exact) mass is 336 g/mol. The lowest BCUT2D eigenvalue weighted by atomic mass is 10.2. The largest absolute Gasteiger partial charge is 0.385 e. The number of amides is 1. The van der Waals surface area contributed by atoms with Crippen LogP contribution in [-0.4, -0.2) is 40.1 Å². The molecule has 124 valence electrons. The Balaban J connectivity index is 1.90. The number of H-pyrrole nitrogens is 1. The van der Waals surface area contributed by atoms with Gasteiger partial charge < -0.3 is 10.1 Å². The third-order valence-electron chi connectivity index (χ3n) is 3.09. The number of methoxy groups -OCH3 is 1. The number of aromatic amines is 1. The third kappa shape index (κ3) is 5.26. The third-order valence-corrected chi connectivity index (χ3v) is 4.06. The van der Waals surface area contributed by atoms with Gasteiger partial charge in [-0.05, 0) is 31.0 Å². The van der Waals surface area contributed by atoms with E-state index in [2.05, 4.69) is 15.5 Å². The van der Waals surface area contributed by atoms with Crippen molar-refractivity contribution in [2.24, 2.45) is 0 Å². The van der Waals surface area contributed by atoms with Gasteiger partial charge in [0.2, 0.25) is 5.91 Å². The van der Waals surface area contributed by atoms with Gasteiger partial charge in [-0.1, -0.05) is 23.9 Å². The molecule has 0 unspecified atom stereocenters. The minimum atomic E-state index is -0.275. The topological polar surface area (TPSA) is 89.0 Å². The number of hydrogen-bond donors (Lipinski definition) is 2. The Bertz CT molecular complexity index is 711. The number of thioether (sulfide) groups is 1. The molecule has 1 heterocycles. The summed E-state index contributed by atoms with van der Waals surface area (Å²) in [5.41, 5.74) is 1.56. The Morgan fingerprint density at radius 3 is 3.04 bits per heavy atom. The Hall–Kier alpha value is -2.06. The van der Waals surface area contributed by atoms with E-state index in [0.717, 1.165) is 11.3 Å². The first-order valence-electron chi connectivity index (χ1n) is 7.23. The maximum atomic E-state index is 12.0. The van der Waals surface area contributed by atoms with Crippen LogP contribution in [0.25, 0.3) is 0 Å². The van der Waals surface area contributed by atoms with Crippen molar-refractivity contribution in [2.45, 2.75) is 25.0 Å². The summed E-state index contributed by atoms with van der Waals surface area (Å²) in [5, 5.41) is 9.70. The van der Waals surface area contributed by atoms with E-state index in [9.17, 15) is 9.59 Å². The number of nitrogens with one attached hydrogen (secondary N) is 2. The van der Waals surface area contributed by atoms with E-state index in [1.165, 1.54) is 16.3 Å². The van der Waals surface area contributed by atoms with Crippen LogP contribution < -0.4 is 11.0 Å². The van der Waals surface area contributed by atoms with Gasteiger partial charge >= 0.3 is 5.69 Å². The second kappa shape index (κ2) is 8.54. The molecule has 2 N–H and O–H groups in total. The summed E-state index contributed by atoms with van der Waals surface area (Å²) in [6, 6.07) is 7.59. The van der Waals surface area contributed by atoms with Crippen LogP contribution in [0.15, 0.2) is 34.2 Å². The van der Waals surface area contributed by atoms with Gasteiger partial charge in [0.15, 0.2) is 5.16 Å². The Labute approximate surface area is 138 Å². The van der Waals surface area contributed by atoms with E-state index in [0.29, 0.717) is 24.7 Å². The molecule has 0 bridgehead atoms. The van der Waals surface area contributed by atoms with Gasteiger partial charge in [-0.2, -0.15) is 0 Å². The molecule has 1 aromatic heterocycles. The first-order valence-corrected chi connectivity index (χ1v) is 8.22. The number of benzene rings is 1. The van der Waals surface area contributed by atoms with E-state index in [-0.39, 0.29) is 17.3 Å². The summed E-state index contributed by atoms with van der Waals surface area (Å²) >= 11 is 1.23. The van der Waals surface area contributed by atoms with Gasteiger partial charge in [-0.15, -0.1) is 5.10 Å². The van der Waals surface area contributed by atoms with Crippen LogP contribution in [0.2, 0.25) is 0 Å². The molecule has 1 aromatic carbocycles. The van der Waals surface area contributed by atoms with Crippen LogP contribution in [-0.2, 0) is 16.1 Å². The van der Waals surface area contributed by atoms with Crippen molar-refractivity contribution in [3.8, 4) is 0 Å². The molecule has 2 aromatic rings. The van der Waals surface area contributed by atoms with Gasteiger partial charge in [-0.3, -0.25) is 9.36 Å². The van der Waals surface area contributed by atoms with Crippen molar-refractivity contribution in [3.63, 3.8) is 0 Å². The zero-order chi connectivity index (χ0) is 16.7. The molecular weight excluding hydrogens is 316 g/mol. The number of aryl methyl sites for hydroxylation is 1. The maximum absolute atomic E-state index is 12.0. The van der Waals surface area contributed by atoms with Crippen LogP contribution in [0.5, 0.6) is 0 Å². The zero-order valence-corrected chi connectivity index (χ0v) is 14.0. The lowest BCUT2D eigenvalue weighted by molar-refractivity contribution is -0.113. The highest BCUT2D eigenvalue weighted by atomic mass is 32.2. The molecule has 0 radical (unpaired) electrons. The molecule has 23 heavy (non-hydrogen) atoms. The molecule has 7 nitrogen and oxygen atoms in total. The number of ether oxygens (including phenoxy) is 1. The normalized spacial score (nSPS) is 10.7. The average Bonchev–Trinajstić information content (AvgIpc) is 2.86. The molecule has 0 fully saturated rings. The molecule has 2 rings (SSSR count). The first kappa shape index (κ1) is 17.3. The van der Waals surface area contributed by atoms with Crippen molar-refractivity contribution in [1.82, 2.24) is 14.8 Å². The van der Waals surface area contributed by atoms with E-state index < -0.39 is 0 Å². The smallest absolute Gasteiger partial charge is 0.343 e. The lowest BCUT2D eigenvalue weighted by Gasteiger charge is -2.07. The molecule has 0 saturated carbocycles. The van der Waals surface area contributed by atoms with Crippen molar-refractivity contribution in [1.29, 1.82) is 0 Å². The minimum Gasteiger partial charge on any atom is -0.385 e. The number of rotatable bonds is 8. The molecular formula is C15H20N4O3S. The van der Waals surface area contributed by atoms with Crippen molar-refractivity contribution in [2.75, 3.05) is 24.8 Å². The van der Waals surface area contributed by atoms with E-state index >= 15 is 0 Å². The number of aromatic nitrogens is 3. The van der Waals surface area contributed by atoms with Gasteiger partial charge in [0, 0.05) is 25.9 Å². The zero-order valence-electron chi connectivity index (χ0n) is 13.2. The van der Waals surface area contributed by atoms with Crippen LogP contribution in [0.4, 0.5) is 5.69 Å². The standard InChI is InChI=1S/C15H20N4O3S/c1-11-5-3-6-12(9-11)16-13(20)10-23-15-18-17-14(21)19(15)7-4-8-22-2/h3,5-6,9H,4,7-8,10H2,1-2H3,(H,16,20)(H,17,21). The summed E-state index contributed by atoms with van der Waals surface area (Å²) in [6.07, 6.45) is 0.707. The summed E-state index contributed by atoms with van der Waals surface area (Å²) in [6.45, 7) is 3.04. The van der Waals surface area contributed by atoms with Gasteiger partial charge in [-0.25, -0.2) is 9.89 Å². The number of anilines is 1. The fraction of sp³-hybridized carbons (Fsp3) is 0.400. The van der Waals surface area contributed by atoms with Crippen molar-refractivity contribution >= 4 is 23.4 Å². The number of carbonyl (C=O) groups excluding carboxylic acids is 1. The predicted molar refractivity (Wildman–Crippen MR) is 89.9 cm³/mol. The molecule has 0 aliphatic carbocycles. The van der Waals surface area contributed by atoms with Gasteiger partial charge in [0.1, 0.15) is 0 Å². The lowest BCUT2D eigenvalue weighted by Crippen LogP contribution is -2.19. The number of nitrogens with zero attached hydrogens (tertiary/aromatic N) is 2. The van der Waals surface area contributed by atoms with E-state index in [1.807, 2.05) is 31.2 Å². The van der Waals surface area contributed by atoms with Crippen LogP contribution >= 0.6 is 11.8 Å². The summed E-state index contributed by atoms with van der Waals surface area (Å²) in [4.78, 5) is 23.7. The highest BCUT2D eigenvalue weighted by Crippen LogP contribution is 2.15.